The number of carbonyl (C=O) groups is 1. The summed E-state index contributed by atoms with van der Waals surface area (Å²) < 4.78 is 31.4. The van der Waals surface area contributed by atoms with Gasteiger partial charge in [-0.1, -0.05) is 17.7 Å². The van der Waals surface area contributed by atoms with Crippen LogP contribution in [0.4, 0.5) is 11.4 Å². The fourth-order valence-corrected chi connectivity index (χ4v) is 6.11. The number of hydrogen-bond donors (Lipinski definition) is 1. The second-order valence-electron chi connectivity index (χ2n) is 9.00. The molecule has 5 rings (SSSR count). The van der Waals surface area contributed by atoms with E-state index in [1.54, 1.807) is 29.6 Å². The summed E-state index contributed by atoms with van der Waals surface area (Å²) in [5, 5.41) is 0.211. The predicted octanol–water partition coefficient (Wildman–Crippen LogP) is 5.36. The number of anilines is 2. The number of hydrogen-bond acceptors (Lipinski definition) is 5. The van der Waals surface area contributed by atoms with Gasteiger partial charge in [-0.2, -0.15) is 0 Å². The van der Waals surface area contributed by atoms with Crippen molar-refractivity contribution in [1.29, 1.82) is 0 Å². The summed E-state index contributed by atoms with van der Waals surface area (Å²) in [4.78, 5) is 21.3. The van der Waals surface area contributed by atoms with Crippen LogP contribution >= 0.6 is 27.5 Å². The second-order valence-corrected chi connectivity index (χ2v) is 11.9. The molecule has 1 aliphatic heterocycles. The first-order chi connectivity index (χ1) is 18.2. The number of aryl methyl sites for hydroxylation is 1. The number of benzene rings is 3. The Morgan fingerprint density at radius 3 is 2.37 bits per heavy atom. The molecule has 1 amide bonds. The Labute approximate surface area is 235 Å². The average molecular weight is 615 g/mol. The summed E-state index contributed by atoms with van der Waals surface area (Å²) in [7, 11) is -3.94. The monoisotopic (exact) mass is 613 g/mol. The van der Waals surface area contributed by atoms with Crippen molar-refractivity contribution in [3.05, 3.63) is 100 Å². The molecule has 8 nitrogen and oxygen atoms in total. The average Bonchev–Trinajstić information content (AvgIpc) is 3.46. The van der Waals surface area contributed by atoms with Crippen LogP contribution in [0.3, 0.4) is 0 Å². The molecule has 0 atom stereocenters. The number of piperazine rings is 1. The molecule has 0 radical (unpaired) electrons. The standard InChI is InChI=1S/C27H25BrClN5O3S/c1-19-2-8-24(28)26(16-19)31-38(36,37)22-7-9-25(29)23(17-22)27(35)33-14-12-32(13-15-33)20-3-5-21(6-4-20)34-11-10-30-18-34/h2-11,16-18,31H,12-15H2,1H3. The lowest BCUT2D eigenvalue weighted by Gasteiger charge is -2.36. The Morgan fingerprint density at radius 1 is 0.974 bits per heavy atom. The van der Waals surface area contributed by atoms with Crippen molar-refractivity contribution >= 4 is 54.8 Å². The van der Waals surface area contributed by atoms with Crippen molar-refractivity contribution in [1.82, 2.24) is 14.5 Å². The minimum Gasteiger partial charge on any atom is -0.368 e. The molecule has 1 fully saturated rings. The molecule has 0 saturated carbocycles. The molecule has 3 aromatic carbocycles. The summed E-state index contributed by atoms with van der Waals surface area (Å²) in [6.07, 6.45) is 5.38. The van der Waals surface area contributed by atoms with Crippen molar-refractivity contribution in [2.24, 2.45) is 0 Å². The Bertz CT molecular complexity index is 1570. The molecule has 0 unspecified atom stereocenters. The maximum atomic E-state index is 13.4. The van der Waals surface area contributed by atoms with Gasteiger partial charge in [-0.3, -0.25) is 9.52 Å². The molecule has 0 bridgehead atoms. The highest BCUT2D eigenvalue weighted by Crippen LogP contribution is 2.28. The van der Waals surface area contributed by atoms with Gasteiger partial charge in [0.15, 0.2) is 0 Å². The van der Waals surface area contributed by atoms with E-state index in [0.717, 1.165) is 16.9 Å². The summed E-state index contributed by atoms with van der Waals surface area (Å²) in [5.74, 6) is -0.293. The van der Waals surface area contributed by atoms with Gasteiger partial charge in [-0.15, -0.1) is 0 Å². The van der Waals surface area contributed by atoms with Crippen LogP contribution in [0.25, 0.3) is 5.69 Å². The first-order valence-corrected chi connectivity index (χ1v) is 14.6. The summed E-state index contributed by atoms with van der Waals surface area (Å²) in [6.45, 7) is 4.15. The predicted molar refractivity (Wildman–Crippen MR) is 153 cm³/mol. The molecule has 0 aliphatic carbocycles. The van der Waals surface area contributed by atoms with Gasteiger partial charge in [-0.05, 0) is 83.0 Å². The SMILES string of the molecule is Cc1ccc(Br)c(NS(=O)(=O)c2ccc(Cl)c(C(=O)N3CCN(c4ccc(-n5ccnc5)cc4)CC3)c2)c1. The number of nitrogens with zero attached hydrogens (tertiary/aromatic N) is 4. The number of rotatable bonds is 6. The molecule has 11 heteroatoms. The van der Waals surface area contributed by atoms with Crippen LogP contribution in [0.5, 0.6) is 0 Å². The van der Waals surface area contributed by atoms with Crippen LogP contribution in [-0.4, -0.2) is 55.0 Å². The van der Waals surface area contributed by atoms with E-state index < -0.39 is 10.0 Å². The molecule has 1 saturated heterocycles. The summed E-state index contributed by atoms with van der Waals surface area (Å²) in [6, 6.07) is 17.7. The van der Waals surface area contributed by atoms with E-state index in [-0.39, 0.29) is 21.4 Å². The van der Waals surface area contributed by atoms with Gasteiger partial charge in [0.25, 0.3) is 15.9 Å². The number of nitrogens with one attached hydrogen (secondary N) is 1. The molecular weight excluding hydrogens is 590 g/mol. The van der Waals surface area contributed by atoms with E-state index in [4.69, 9.17) is 11.6 Å². The van der Waals surface area contributed by atoms with Gasteiger partial charge < -0.3 is 14.4 Å². The Hall–Kier alpha value is -3.34. The molecule has 1 aromatic heterocycles. The van der Waals surface area contributed by atoms with Crippen LogP contribution in [0.15, 0.2) is 88.8 Å². The highest BCUT2D eigenvalue weighted by Gasteiger charge is 2.26. The van der Waals surface area contributed by atoms with Crippen molar-refractivity contribution < 1.29 is 13.2 Å². The third-order valence-electron chi connectivity index (χ3n) is 6.43. The normalized spacial score (nSPS) is 14.0. The number of carbonyl (C=O) groups excluding carboxylic acids is 1. The minimum absolute atomic E-state index is 0.0322. The zero-order valence-corrected chi connectivity index (χ0v) is 23.7. The van der Waals surface area contributed by atoms with Gasteiger partial charge in [0.1, 0.15) is 0 Å². The molecule has 0 spiro atoms. The zero-order valence-electron chi connectivity index (χ0n) is 20.5. The van der Waals surface area contributed by atoms with E-state index in [1.165, 1.54) is 18.2 Å². The van der Waals surface area contributed by atoms with E-state index in [9.17, 15) is 13.2 Å². The molecule has 4 aromatic rings. The smallest absolute Gasteiger partial charge is 0.261 e. The first kappa shape index (κ1) is 26.3. The quantitative estimate of drug-likeness (QED) is 0.316. The van der Waals surface area contributed by atoms with Crippen LogP contribution < -0.4 is 9.62 Å². The van der Waals surface area contributed by atoms with E-state index in [0.29, 0.717) is 36.3 Å². The van der Waals surface area contributed by atoms with E-state index in [2.05, 4.69) is 42.7 Å². The van der Waals surface area contributed by atoms with Gasteiger partial charge in [-0.25, -0.2) is 13.4 Å². The number of amides is 1. The zero-order chi connectivity index (χ0) is 26.9. The summed E-state index contributed by atoms with van der Waals surface area (Å²) >= 11 is 9.74. The van der Waals surface area contributed by atoms with E-state index in [1.807, 2.05) is 35.9 Å². The maximum absolute atomic E-state index is 13.4. The molecular formula is C27H25BrClN5O3S. The molecule has 1 N–H and O–H groups in total. The largest absolute Gasteiger partial charge is 0.368 e. The number of halogens is 2. The first-order valence-electron chi connectivity index (χ1n) is 11.9. The molecule has 1 aliphatic rings. The highest BCUT2D eigenvalue weighted by molar-refractivity contribution is 9.10. The molecule has 2 heterocycles. The Kier molecular flexibility index (Phi) is 7.47. The van der Waals surface area contributed by atoms with Crippen LogP contribution in [0.1, 0.15) is 15.9 Å². The van der Waals surface area contributed by atoms with Gasteiger partial charge in [0, 0.05) is 54.4 Å². The van der Waals surface area contributed by atoms with Crippen LogP contribution in [0, 0.1) is 6.92 Å². The lowest BCUT2D eigenvalue weighted by atomic mass is 10.1. The van der Waals surface area contributed by atoms with Crippen molar-refractivity contribution in [2.45, 2.75) is 11.8 Å². The van der Waals surface area contributed by atoms with Crippen LogP contribution in [-0.2, 0) is 10.0 Å². The van der Waals surface area contributed by atoms with Gasteiger partial charge in [0.05, 0.1) is 27.5 Å². The highest BCUT2D eigenvalue weighted by atomic mass is 79.9. The van der Waals surface area contributed by atoms with Gasteiger partial charge in [0.2, 0.25) is 0 Å². The minimum atomic E-state index is -3.94. The Balaban J connectivity index is 1.28. The second kappa shape index (κ2) is 10.8. The van der Waals surface area contributed by atoms with Crippen molar-refractivity contribution in [2.75, 3.05) is 35.8 Å². The number of sulfonamides is 1. The molecule has 38 heavy (non-hydrogen) atoms. The lowest BCUT2D eigenvalue weighted by Crippen LogP contribution is -2.48. The fraction of sp³-hybridized carbons (Fsp3) is 0.185. The Morgan fingerprint density at radius 2 is 1.68 bits per heavy atom. The van der Waals surface area contributed by atoms with E-state index >= 15 is 0 Å². The third-order valence-corrected chi connectivity index (χ3v) is 8.81. The number of aromatic nitrogens is 2. The number of imidazole rings is 1. The van der Waals surface area contributed by atoms with Crippen molar-refractivity contribution in [3.8, 4) is 5.69 Å². The summed E-state index contributed by atoms with van der Waals surface area (Å²) in [5.41, 5.74) is 3.58. The topological polar surface area (TPSA) is 87.5 Å². The third kappa shape index (κ3) is 5.57. The lowest BCUT2D eigenvalue weighted by molar-refractivity contribution is 0.0746. The van der Waals surface area contributed by atoms with Crippen molar-refractivity contribution in [3.63, 3.8) is 0 Å². The molecule has 196 valence electrons. The van der Waals surface area contributed by atoms with Gasteiger partial charge >= 0.3 is 0 Å². The van der Waals surface area contributed by atoms with Crippen LogP contribution in [0.2, 0.25) is 5.02 Å². The maximum Gasteiger partial charge on any atom is 0.261 e. The fourth-order valence-electron chi connectivity index (χ4n) is 4.34.